The fourth-order valence-electron chi connectivity index (χ4n) is 3.90. The first kappa shape index (κ1) is 15.4. The summed E-state index contributed by atoms with van der Waals surface area (Å²) in [5.74, 6) is 1.69. The van der Waals surface area contributed by atoms with E-state index in [2.05, 4.69) is 48.7 Å². The van der Waals surface area contributed by atoms with Gasteiger partial charge in [-0.2, -0.15) is 0 Å². The summed E-state index contributed by atoms with van der Waals surface area (Å²) >= 11 is 1.97. The number of hydrogen-bond acceptors (Lipinski definition) is 3. The lowest BCUT2D eigenvalue weighted by Crippen LogP contribution is -2.19. The summed E-state index contributed by atoms with van der Waals surface area (Å²) in [6, 6.07) is 15.7. The Kier molecular flexibility index (Phi) is 3.79. The normalized spacial score (nSPS) is 19.3. The molecular weight excluding hydrogens is 324 g/mol. The van der Waals surface area contributed by atoms with Crippen molar-refractivity contribution in [2.75, 3.05) is 0 Å². The Morgan fingerprint density at radius 1 is 1.08 bits per heavy atom. The van der Waals surface area contributed by atoms with Crippen molar-refractivity contribution in [3.8, 4) is 0 Å². The Hall–Kier alpha value is -1.84. The van der Waals surface area contributed by atoms with Crippen molar-refractivity contribution in [3.63, 3.8) is 0 Å². The molecule has 0 saturated heterocycles. The Balaban J connectivity index is 1.60. The van der Waals surface area contributed by atoms with Crippen LogP contribution in [-0.2, 0) is 18.6 Å². The summed E-state index contributed by atoms with van der Waals surface area (Å²) in [7, 11) is 0. The van der Waals surface area contributed by atoms with Crippen LogP contribution in [0.4, 0.5) is 0 Å². The van der Waals surface area contributed by atoms with Crippen LogP contribution in [0.1, 0.15) is 41.1 Å². The Morgan fingerprint density at radius 3 is 2.72 bits per heavy atom. The quantitative estimate of drug-likeness (QED) is 0.688. The van der Waals surface area contributed by atoms with Gasteiger partial charge in [0.05, 0.1) is 0 Å². The highest BCUT2D eigenvalue weighted by Gasteiger charge is 2.27. The third kappa shape index (κ3) is 2.96. The lowest BCUT2D eigenvalue weighted by atomic mass is 10.0. The smallest absolute Gasteiger partial charge is 0.0441 e. The van der Waals surface area contributed by atoms with Crippen molar-refractivity contribution < 1.29 is 0 Å². The Bertz CT molecular complexity index is 932. The van der Waals surface area contributed by atoms with Crippen molar-refractivity contribution in [3.05, 3.63) is 71.0 Å². The van der Waals surface area contributed by atoms with Gasteiger partial charge < -0.3 is 5.73 Å². The molecule has 0 aliphatic heterocycles. The maximum absolute atomic E-state index is 6.29. The van der Waals surface area contributed by atoms with Crippen LogP contribution in [0.5, 0.6) is 0 Å². The summed E-state index contributed by atoms with van der Waals surface area (Å²) < 4.78 is 0. The largest absolute Gasteiger partial charge is 0.327 e. The van der Waals surface area contributed by atoms with Gasteiger partial charge in [0.1, 0.15) is 0 Å². The van der Waals surface area contributed by atoms with E-state index in [-0.39, 0.29) is 6.04 Å². The molecule has 0 radical (unpaired) electrons. The molecule has 0 bridgehead atoms. The highest BCUT2D eigenvalue weighted by atomic mass is 32.2. The lowest BCUT2D eigenvalue weighted by Gasteiger charge is -2.14. The maximum Gasteiger partial charge on any atom is 0.0441 e. The van der Waals surface area contributed by atoms with E-state index in [1.165, 1.54) is 50.9 Å². The molecule has 1 heterocycles. The standard InChI is InChI=1S/C22H22N2S/c23-18-9-16-8-17-12-24-21(15-6-7-15)11-20(17)22(19(16)10-18)25-13-14-4-2-1-3-5-14/h1-5,8,11-12,15,18H,6-7,9-10,13,23H2. The molecule has 1 fully saturated rings. The first-order valence-corrected chi connectivity index (χ1v) is 10.1. The fraction of sp³-hybridized carbons (Fsp3) is 0.318. The molecule has 1 unspecified atom stereocenters. The number of thioether (sulfide) groups is 1. The summed E-state index contributed by atoms with van der Waals surface area (Å²) in [4.78, 5) is 6.17. The molecule has 0 spiro atoms. The number of rotatable bonds is 4. The molecule has 2 aliphatic carbocycles. The molecule has 3 aromatic rings. The van der Waals surface area contributed by atoms with Crippen LogP contribution in [0.15, 0.2) is 53.6 Å². The monoisotopic (exact) mass is 346 g/mol. The van der Waals surface area contributed by atoms with Gasteiger partial charge in [0.2, 0.25) is 0 Å². The first-order valence-electron chi connectivity index (χ1n) is 9.14. The molecule has 1 aromatic heterocycles. The molecule has 2 aliphatic rings. The summed E-state index contributed by atoms with van der Waals surface area (Å²) in [6.07, 6.45) is 6.67. The van der Waals surface area contributed by atoms with E-state index >= 15 is 0 Å². The van der Waals surface area contributed by atoms with Crippen LogP contribution < -0.4 is 5.73 Å². The zero-order valence-corrected chi connectivity index (χ0v) is 15.1. The van der Waals surface area contributed by atoms with E-state index in [4.69, 9.17) is 10.7 Å². The minimum atomic E-state index is 0.263. The first-order chi connectivity index (χ1) is 12.3. The summed E-state index contributed by atoms with van der Waals surface area (Å²) in [6.45, 7) is 0. The molecule has 1 atom stereocenters. The number of pyridine rings is 1. The number of nitrogens with zero attached hydrogens (tertiary/aromatic N) is 1. The minimum Gasteiger partial charge on any atom is -0.327 e. The molecule has 25 heavy (non-hydrogen) atoms. The van der Waals surface area contributed by atoms with Gasteiger partial charge in [-0.25, -0.2) is 0 Å². The van der Waals surface area contributed by atoms with E-state index in [1.54, 1.807) is 0 Å². The summed E-state index contributed by atoms with van der Waals surface area (Å²) in [5, 5.41) is 2.65. The number of hydrogen-bond donors (Lipinski definition) is 1. The number of nitrogens with two attached hydrogens (primary N) is 1. The minimum absolute atomic E-state index is 0.263. The molecule has 3 heteroatoms. The van der Waals surface area contributed by atoms with Gasteiger partial charge in [-0.05, 0) is 59.9 Å². The van der Waals surface area contributed by atoms with Crippen molar-refractivity contribution in [1.29, 1.82) is 0 Å². The van der Waals surface area contributed by atoms with Gasteiger partial charge in [-0.15, -0.1) is 11.8 Å². The number of benzene rings is 2. The van der Waals surface area contributed by atoms with Crippen LogP contribution in [-0.4, -0.2) is 11.0 Å². The molecule has 126 valence electrons. The van der Waals surface area contributed by atoms with Crippen LogP contribution in [0.25, 0.3) is 10.8 Å². The average Bonchev–Trinajstić information content (AvgIpc) is 3.41. The molecule has 5 rings (SSSR count). The van der Waals surface area contributed by atoms with E-state index in [0.29, 0.717) is 5.92 Å². The van der Waals surface area contributed by atoms with E-state index in [9.17, 15) is 0 Å². The van der Waals surface area contributed by atoms with Crippen molar-refractivity contribution >= 4 is 22.5 Å². The van der Waals surface area contributed by atoms with Crippen molar-refractivity contribution in [2.24, 2.45) is 5.73 Å². The van der Waals surface area contributed by atoms with E-state index in [1.807, 2.05) is 11.8 Å². The van der Waals surface area contributed by atoms with Crippen LogP contribution >= 0.6 is 11.8 Å². The summed E-state index contributed by atoms with van der Waals surface area (Å²) in [5.41, 5.74) is 11.8. The highest BCUT2D eigenvalue weighted by molar-refractivity contribution is 7.98. The average molecular weight is 346 g/mol. The number of aromatic nitrogens is 1. The Morgan fingerprint density at radius 2 is 1.92 bits per heavy atom. The van der Waals surface area contributed by atoms with Crippen molar-refractivity contribution in [2.45, 2.75) is 48.3 Å². The molecule has 2 aromatic carbocycles. The van der Waals surface area contributed by atoms with Gasteiger partial charge in [0.15, 0.2) is 0 Å². The zero-order valence-electron chi connectivity index (χ0n) is 14.2. The van der Waals surface area contributed by atoms with Gasteiger partial charge >= 0.3 is 0 Å². The van der Waals surface area contributed by atoms with Gasteiger partial charge in [-0.3, -0.25) is 4.98 Å². The molecule has 2 nitrogen and oxygen atoms in total. The second-order valence-corrected chi connectivity index (χ2v) is 8.38. The molecule has 0 amide bonds. The predicted octanol–water partition coefficient (Wildman–Crippen LogP) is 4.83. The molecule has 2 N–H and O–H groups in total. The second kappa shape index (κ2) is 6.15. The maximum atomic E-state index is 6.29. The molecule has 1 saturated carbocycles. The van der Waals surface area contributed by atoms with Crippen LogP contribution in [0, 0.1) is 0 Å². The fourth-order valence-corrected chi connectivity index (χ4v) is 5.12. The number of fused-ring (bicyclic) bond motifs is 2. The van der Waals surface area contributed by atoms with Crippen LogP contribution in [0.3, 0.4) is 0 Å². The zero-order chi connectivity index (χ0) is 16.8. The predicted molar refractivity (Wildman–Crippen MR) is 105 cm³/mol. The van der Waals surface area contributed by atoms with Gasteiger partial charge in [-0.1, -0.05) is 30.3 Å². The molecular formula is C22H22N2S. The Labute approximate surface area is 152 Å². The van der Waals surface area contributed by atoms with E-state index < -0.39 is 0 Å². The third-order valence-corrected chi connectivity index (χ3v) is 6.59. The van der Waals surface area contributed by atoms with Gasteiger partial charge in [0.25, 0.3) is 0 Å². The van der Waals surface area contributed by atoms with E-state index in [0.717, 1.165) is 18.6 Å². The third-order valence-electron chi connectivity index (χ3n) is 5.36. The SMILES string of the molecule is NC1Cc2cc3cnc(C4CC4)cc3c(SCc3ccccc3)c2C1. The topological polar surface area (TPSA) is 38.9 Å². The van der Waals surface area contributed by atoms with Gasteiger partial charge in [0, 0.05) is 39.9 Å². The highest BCUT2D eigenvalue weighted by Crippen LogP contribution is 2.43. The second-order valence-electron chi connectivity index (χ2n) is 7.39. The van der Waals surface area contributed by atoms with Crippen LogP contribution in [0.2, 0.25) is 0 Å². The lowest BCUT2D eigenvalue weighted by molar-refractivity contribution is 0.719. The van der Waals surface area contributed by atoms with Crippen molar-refractivity contribution in [1.82, 2.24) is 4.98 Å².